The molecule has 0 spiro atoms. The molecule has 0 unspecified atom stereocenters. The number of fused-ring (bicyclic) bond motifs is 3. The molecule has 140 valence electrons. The zero-order valence-corrected chi connectivity index (χ0v) is 17.0. The van der Waals surface area contributed by atoms with Crippen molar-refractivity contribution < 1.29 is 9.13 Å². The molecule has 2 heterocycles. The van der Waals surface area contributed by atoms with Crippen LogP contribution in [0.15, 0.2) is 76.3 Å². The second-order valence-electron chi connectivity index (χ2n) is 6.84. The van der Waals surface area contributed by atoms with Crippen molar-refractivity contribution in [1.29, 1.82) is 0 Å². The zero-order valence-electron chi connectivity index (χ0n) is 14.6. The molecule has 0 radical (unpaired) electrons. The smallest absolute Gasteiger partial charge is 0.213 e. The van der Waals surface area contributed by atoms with Crippen LogP contribution in [-0.4, -0.2) is 10.7 Å². The fraction of sp³-hybridized carbons (Fsp3) is 0.136. The molecular weight excluding hydrogens is 443 g/mol. The van der Waals surface area contributed by atoms with E-state index in [1.807, 2.05) is 47.5 Å². The average molecular weight is 458 g/mol. The number of ether oxygens (including phenoxy) is 1. The van der Waals surface area contributed by atoms with E-state index in [4.69, 9.17) is 21.4 Å². The highest BCUT2D eigenvalue weighted by atomic mass is 79.9. The third kappa shape index (κ3) is 2.99. The second kappa shape index (κ2) is 6.90. The maximum atomic E-state index is 13.7. The largest absolute Gasteiger partial charge is 0.464 e. The fourth-order valence-corrected chi connectivity index (χ4v) is 4.26. The van der Waals surface area contributed by atoms with E-state index in [2.05, 4.69) is 22.0 Å². The van der Waals surface area contributed by atoms with Gasteiger partial charge in [-0.05, 0) is 51.8 Å². The Balaban J connectivity index is 1.59. The lowest BCUT2D eigenvalue weighted by Crippen LogP contribution is -2.33. The molecule has 6 heteroatoms. The first kappa shape index (κ1) is 17.7. The van der Waals surface area contributed by atoms with Crippen LogP contribution in [0.5, 0.6) is 5.75 Å². The Morgan fingerprint density at radius 2 is 1.86 bits per heavy atom. The zero-order chi connectivity index (χ0) is 19.3. The van der Waals surface area contributed by atoms with Gasteiger partial charge in [0.1, 0.15) is 11.6 Å². The van der Waals surface area contributed by atoms with Gasteiger partial charge in [-0.15, -0.1) is 0 Å². The van der Waals surface area contributed by atoms with Gasteiger partial charge in [0.15, 0.2) is 0 Å². The molecule has 2 atom stereocenters. The summed E-state index contributed by atoms with van der Waals surface area (Å²) in [6.45, 7) is 0. The number of nitrogens with zero attached hydrogens (tertiary/aromatic N) is 2. The van der Waals surface area contributed by atoms with Gasteiger partial charge in [0, 0.05) is 22.6 Å². The lowest BCUT2D eigenvalue weighted by Gasteiger charge is -2.38. The Hall–Kier alpha value is -2.37. The highest BCUT2D eigenvalue weighted by Crippen LogP contribution is 2.47. The van der Waals surface area contributed by atoms with E-state index in [1.165, 1.54) is 6.07 Å². The summed E-state index contributed by atoms with van der Waals surface area (Å²) in [5.74, 6) is 0.532. The Kier molecular flexibility index (Phi) is 4.37. The predicted octanol–water partition coefficient (Wildman–Crippen LogP) is 6.48. The molecule has 0 saturated carbocycles. The molecule has 0 bridgehead atoms. The lowest BCUT2D eigenvalue weighted by atomic mass is 9.96. The average Bonchev–Trinajstić information content (AvgIpc) is 3.16. The van der Waals surface area contributed by atoms with Gasteiger partial charge in [0.2, 0.25) is 6.23 Å². The SMILES string of the molecule is Fc1ccc([C@@H]2Oc3ccccc3[C@H]3CC(c4ccc(Cl)cc4)=NN32)cc1Br. The van der Waals surface area contributed by atoms with Crippen molar-refractivity contribution in [3.05, 3.63) is 98.7 Å². The van der Waals surface area contributed by atoms with E-state index in [0.29, 0.717) is 9.50 Å². The van der Waals surface area contributed by atoms with Crippen molar-refractivity contribution in [2.45, 2.75) is 18.7 Å². The molecule has 0 amide bonds. The predicted molar refractivity (Wildman–Crippen MR) is 111 cm³/mol. The van der Waals surface area contributed by atoms with Crippen molar-refractivity contribution in [3.63, 3.8) is 0 Å². The van der Waals surface area contributed by atoms with Crippen LogP contribution in [0.2, 0.25) is 5.02 Å². The van der Waals surface area contributed by atoms with E-state index < -0.39 is 6.23 Å². The second-order valence-corrected chi connectivity index (χ2v) is 8.13. The minimum atomic E-state index is -0.429. The number of halogens is 3. The van der Waals surface area contributed by atoms with Crippen molar-refractivity contribution in [3.8, 4) is 5.75 Å². The summed E-state index contributed by atoms with van der Waals surface area (Å²) in [5, 5.41) is 7.57. The third-order valence-corrected chi connectivity index (χ3v) is 5.97. The van der Waals surface area contributed by atoms with Crippen LogP contribution in [0, 0.1) is 5.82 Å². The van der Waals surface area contributed by atoms with Crippen molar-refractivity contribution >= 4 is 33.2 Å². The topological polar surface area (TPSA) is 24.8 Å². The summed E-state index contributed by atoms with van der Waals surface area (Å²) in [7, 11) is 0. The molecule has 0 N–H and O–H groups in total. The van der Waals surface area contributed by atoms with E-state index >= 15 is 0 Å². The van der Waals surface area contributed by atoms with Gasteiger partial charge < -0.3 is 4.74 Å². The number of para-hydroxylation sites is 1. The third-order valence-electron chi connectivity index (χ3n) is 5.11. The van der Waals surface area contributed by atoms with Crippen molar-refractivity contribution in [1.82, 2.24) is 5.01 Å². The molecule has 5 rings (SSSR count). The monoisotopic (exact) mass is 456 g/mol. The molecule has 0 fully saturated rings. The lowest BCUT2D eigenvalue weighted by molar-refractivity contribution is -0.0191. The highest BCUT2D eigenvalue weighted by molar-refractivity contribution is 9.10. The molecule has 0 aromatic heterocycles. The first-order chi connectivity index (χ1) is 13.6. The molecule has 28 heavy (non-hydrogen) atoms. The summed E-state index contributed by atoms with van der Waals surface area (Å²) in [6.07, 6.45) is 0.336. The van der Waals surface area contributed by atoms with E-state index in [0.717, 1.165) is 34.6 Å². The van der Waals surface area contributed by atoms with Crippen molar-refractivity contribution in [2.24, 2.45) is 5.10 Å². The Labute approximate surface area is 175 Å². The maximum absolute atomic E-state index is 13.7. The van der Waals surface area contributed by atoms with Crippen LogP contribution >= 0.6 is 27.5 Å². The number of hydrazone groups is 1. The fourth-order valence-electron chi connectivity index (χ4n) is 3.74. The van der Waals surface area contributed by atoms with Crippen LogP contribution < -0.4 is 4.74 Å². The number of hydrogen-bond acceptors (Lipinski definition) is 3. The maximum Gasteiger partial charge on any atom is 0.213 e. The molecule has 2 aliphatic heterocycles. The molecular formula is C22H15BrClFN2O. The van der Waals surface area contributed by atoms with E-state index in [1.54, 1.807) is 12.1 Å². The van der Waals surface area contributed by atoms with Gasteiger partial charge in [-0.25, -0.2) is 9.40 Å². The van der Waals surface area contributed by atoms with Crippen LogP contribution in [0.1, 0.15) is 35.4 Å². The highest BCUT2D eigenvalue weighted by Gasteiger charge is 2.40. The summed E-state index contributed by atoms with van der Waals surface area (Å²) in [4.78, 5) is 0. The molecule has 2 aliphatic rings. The first-order valence-corrected chi connectivity index (χ1v) is 10.1. The normalized spacial score (nSPS) is 20.2. The summed E-state index contributed by atoms with van der Waals surface area (Å²) in [5.41, 5.74) is 3.96. The summed E-state index contributed by atoms with van der Waals surface area (Å²) >= 11 is 9.31. The van der Waals surface area contributed by atoms with E-state index in [-0.39, 0.29) is 11.9 Å². The Morgan fingerprint density at radius 3 is 2.64 bits per heavy atom. The van der Waals surface area contributed by atoms with Crippen molar-refractivity contribution in [2.75, 3.05) is 0 Å². The standard InChI is InChI=1S/C22H15BrClFN2O/c23-17-11-14(7-10-18(17)25)22-27-20(16-3-1-2-4-21(16)28-22)12-19(26-27)13-5-8-15(24)9-6-13/h1-11,20,22H,12H2/t20-,22+/m1/s1. The molecule has 0 aliphatic carbocycles. The van der Waals surface area contributed by atoms with Gasteiger partial charge in [-0.2, -0.15) is 5.10 Å². The number of rotatable bonds is 2. The number of benzene rings is 3. The quantitative estimate of drug-likeness (QED) is 0.440. The molecule has 0 saturated heterocycles. The van der Waals surface area contributed by atoms with Gasteiger partial charge in [-0.3, -0.25) is 0 Å². The van der Waals surface area contributed by atoms with Gasteiger partial charge >= 0.3 is 0 Å². The van der Waals surface area contributed by atoms with Gasteiger partial charge in [0.05, 0.1) is 16.2 Å². The van der Waals surface area contributed by atoms with Gasteiger partial charge in [-0.1, -0.05) is 48.0 Å². The van der Waals surface area contributed by atoms with Crippen LogP contribution in [0.3, 0.4) is 0 Å². The van der Waals surface area contributed by atoms with E-state index in [9.17, 15) is 4.39 Å². The minimum Gasteiger partial charge on any atom is -0.464 e. The summed E-state index contributed by atoms with van der Waals surface area (Å²) in [6, 6.07) is 20.7. The summed E-state index contributed by atoms with van der Waals surface area (Å²) < 4.78 is 20.4. The molecule has 3 nitrogen and oxygen atoms in total. The number of hydrogen-bond donors (Lipinski definition) is 0. The van der Waals surface area contributed by atoms with Crippen LogP contribution in [0.25, 0.3) is 0 Å². The molecule has 3 aromatic rings. The van der Waals surface area contributed by atoms with Gasteiger partial charge in [0.25, 0.3) is 0 Å². The Morgan fingerprint density at radius 1 is 1.07 bits per heavy atom. The van der Waals surface area contributed by atoms with Crippen LogP contribution in [0.4, 0.5) is 4.39 Å². The minimum absolute atomic E-state index is 0.0597. The molecule has 3 aromatic carbocycles. The van der Waals surface area contributed by atoms with Crippen LogP contribution in [-0.2, 0) is 0 Å². The first-order valence-electron chi connectivity index (χ1n) is 8.92. The Bertz CT molecular complexity index is 1090.